The molecule has 1 aliphatic rings. The first-order chi connectivity index (χ1) is 7.86. The molecule has 2 heterocycles. The second-order valence-corrected chi connectivity index (χ2v) is 4.34. The van der Waals surface area contributed by atoms with Crippen molar-refractivity contribution >= 4 is 5.91 Å². The van der Waals surface area contributed by atoms with Crippen molar-refractivity contribution in [2.24, 2.45) is 5.92 Å². The Morgan fingerprint density at radius 2 is 2.50 bits per heavy atom. The molecule has 1 fully saturated rings. The zero-order valence-corrected chi connectivity index (χ0v) is 9.46. The summed E-state index contributed by atoms with van der Waals surface area (Å²) < 4.78 is 0. The minimum absolute atomic E-state index is 0.00577. The van der Waals surface area contributed by atoms with Gasteiger partial charge in [0.2, 0.25) is 0 Å². The summed E-state index contributed by atoms with van der Waals surface area (Å²) in [5.41, 5.74) is 0.641. The number of amides is 1. The van der Waals surface area contributed by atoms with Crippen molar-refractivity contribution in [1.82, 2.24) is 15.6 Å². The van der Waals surface area contributed by atoms with Crippen LogP contribution in [0.4, 0.5) is 0 Å². The van der Waals surface area contributed by atoms with Gasteiger partial charge in [-0.2, -0.15) is 0 Å². The van der Waals surface area contributed by atoms with Gasteiger partial charge in [0, 0.05) is 12.7 Å². The van der Waals surface area contributed by atoms with Crippen LogP contribution in [0.3, 0.4) is 0 Å². The molecule has 0 bridgehead atoms. The number of rotatable bonds is 4. The molecule has 1 saturated heterocycles. The molecule has 0 aromatic carbocycles. The smallest absolute Gasteiger partial charge is 0.267 e. The van der Waals surface area contributed by atoms with Crippen LogP contribution in [0.1, 0.15) is 29.8 Å². The summed E-state index contributed by atoms with van der Waals surface area (Å²) in [6.07, 6.45) is 5.38. The van der Waals surface area contributed by atoms with Crippen molar-refractivity contribution in [2.45, 2.75) is 19.3 Å². The van der Waals surface area contributed by atoms with Gasteiger partial charge in [-0.05, 0) is 50.4 Å². The molecule has 1 aliphatic heterocycles. The Balaban J connectivity index is 1.66. The van der Waals surface area contributed by atoms with Crippen LogP contribution in [0.25, 0.3) is 0 Å². The van der Waals surface area contributed by atoms with Gasteiger partial charge in [0.05, 0.1) is 0 Å². The minimum atomic E-state index is -0.00577. The van der Waals surface area contributed by atoms with Crippen molar-refractivity contribution in [1.29, 1.82) is 0 Å². The van der Waals surface area contributed by atoms with Crippen LogP contribution < -0.4 is 10.6 Å². The van der Waals surface area contributed by atoms with E-state index in [0.717, 1.165) is 32.0 Å². The van der Waals surface area contributed by atoms with Crippen molar-refractivity contribution in [2.75, 3.05) is 19.6 Å². The number of H-pyrrole nitrogens is 1. The lowest BCUT2D eigenvalue weighted by Crippen LogP contribution is -2.33. The van der Waals surface area contributed by atoms with E-state index < -0.39 is 0 Å². The van der Waals surface area contributed by atoms with E-state index in [1.54, 1.807) is 12.3 Å². The van der Waals surface area contributed by atoms with Gasteiger partial charge in [0.25, 0.3) is 5.91 Å². The third-order valence-corrected chi connectivity index (χ3v) is 3.08. The van der Waals surface area contributed by atoms with Gasteiger partial charge in [-0.15, -0.1) is 0 Å². The zero-order chi connectivity index (χ0) is 11.2. The minimum Gasteiger partial charge on any atom is -0.357 e. The Bertz CT molecular complexity index is 315. The number of aromatic nitrogens is 1. The third kappa shape index (κ3) is 3.10. The fourth-order valence-electron chi connectivity index (χ4n) is 2.13. The Hall–Kier alpha value is -1.29. The van der Waals surface area contributed by atoms with Crippen LogP contribution in [0, 0.1) is 5.92 Å². The third-order valence-electron chi connectivity index (χ3n) is 3.08. The van der Waals surface area contributed by atoms with Crippen LogP contribution in [-0.2, 0) is 0 Å². The molecule has 16 heavy (non-hydrogen) atoms. The lowest BCUT2D eigenvalue weighted by atomic mass is 9.96. The summed E-state index contributed by atoms with van der Waals surface area (Å²) in [7, 11) is 0. The average molecular weight is 221 g/mol. The number of piperidine rings is 1. The molecular formula is C12H19N3O. The molecule has 0 saturated carbocycles. The van der Waals surface area contributed by atoms with E-state index in [9.17, 15) is 4.79 Å². The van der Waals surface area contributed by atoms with Crippen LogP contribution in [0.2, 0.25) is 0 Å². The molecule has 0 spiro atoms. The molecule has 88 valence electrons. The molecule has 1 amide bonds. The molecule has 2 rings (SSSR count). The van der Waals surface area contributed by atoms with Gasteiger partial charge in [-0.25, -0.2) is 0 Å². The first kappa shape index (κ1) is 11.2. The second kappa shape index (κ2) is 5.70. The van der Waals surface area contributed by atoms with Crippen molar-refractivity contribution in [3.8, 4) is 0 Å². The number of aromatic amines is 1. The number of carbonyl (C=O) groups is 1. The maximum absolute atomic E-state index is 11.6. The molecule has 4 nitrogen and oxygen atoms in total. The molecule has 1 aromatic rings. The van der Waals surface area contributed by atoms with E-state index in [1.807, 2.05) is 6.07 Å². The van der Waals surface area contributed by atoms with Gasteiger partial charge >= 0.3 is 0 Å². The van der Waals surface area contributed by atoms with Gasteiger partial charge < -0.3 is 15.6 Å². The van der Waals surface area contributed by atoms with Crippen LogP contribution in [0.5, 0.6) is 0 Å². The highest BCUT2D eigenvalue weighted by molar-refractivity contribution is 5.92. The maximum Gasteiger partial charge on any atom is 0.267 e. The normalized spacial score (nSPS) is 20.6. The van der Waals surface area contributed by atoms with E-state index in [0.29, 0.717) is 5.69 Å². The number of hydrogen-bond donors (Lipinski definition) is 3. The molecule has 3 N–H and O–H groups in total. The summed E-state index contributed by atoms with van der Waals surface area (Å²) in [6.45, 7) is 3.01. The molecule has 1 aromatic heterocycles. The summed E-state index contributed by atoms with van der Waals surface area (Å²) in [6, 6.07) is 3.62. The molecule has 1 unspecified atom stereocenters. The van der Waals surface area contributed by atoms with Crippen LogP contribution in [-0.4, -0.2) is 30.5 Å². The Morgan fingerprint density at radius 1 is 1.56 bits per heavy atom. The highest BCUT2D eigenvalue weighted by Crippen LogP contribution is 2.12. The quantitative estimate of drug-likeness (QED) is 0.714. The SMILES string of the molecule is O=C(NCCC1CCCNC1)c1ccc[nH]1. The average Bonchev–Trinajstić information content (AvgIpc) is 2.84. The lowest BCUT2D eigenvalue weighted by Gasteiger charge is -2.22. The summed E-state index contributed by atoms with van der Waals surface area (Å²) in [4.78, 5) is 14.5. The Morgan fingerprint density at radius 3 is 3.19 bits per heavy atom. The van der Waals surface area contributed by atoms with Crippen molar-refractivity contribution in [3.05, 3.63) is 24.0 Å². The fourth-order valence-corrected chi connectivity index (χ4v) is 2.13. The number of hydrogen-bond acceptors (Lipinski definition) is 2. The number of nitrogens with one attached hydrogen (secondary N) is 3. The van der Waals surface area contributed by atoms with E-state index in [1.165, 1.54) is 12.8 Å². The van der Waals surface area contributed by atoms with Crippen LogP contribution >= 0.6 is 0 Å². The van der Waals surface area contributed by atoms with Gasteiger partial charge in [0.1, 0.15) is 5.69 Å². The second-order valence-electron chi connectivity index (χ2n) is 4.34. The topological polar surface area (TPSA) is 56.9 Å². The summed E-state index contributed by atoms with van der Waals surface area (Å²) in [5, 5.41) is 6.32. The van der Waals surface area contributed by atoms with E-state index in [-0.39, 0.29) is 5.91 Å². The first-order valence-corrected chi connectivity index (χ1v) is 5.98. The highest BCUT2D eigenvalue weighted by Gasteiger charge is 2.13. The molecule has 1 atom stereocenters. The standard InChI is InChI=1S/C12H19N3O/c16-12(11-4-2-7-14-11)15-8-5-10-3-1-6-13-9-10/h2,4,7,10,13-14H,1,3,5-6,8-9H2,(H,15,16). The highest BCUT2D eigenvalue weighted by atomic mass is 16.1. The Kier molecular flexibility index (Phi) is 3.99. The van der Waals surface area contributed by atoms with Gasteiger partial charge in [-0.1, -0.05) is 0 Å². The number of carbonyl (C=O) groups excluding carboxylic acids is 1. The molecule has 4 heteroatoms. The molecular weight excluding hydrogens is 202 g/mol. The molecule has 0 radical (unpaired) electrons. The summed E-state index contributed by atoms with van der Waals surface area (Å²) in [5.74, 6) is 0.714. The zero-order valence-electron chi connectivity index (χ0n) is 9.46. The van der Waals surface area contributed by atoms with E-state index >= 15 is 0 Å². The fraction of sp³-hybridized carbons (Fsp3) is 0.583. The summed E-state index contributed by atoms with van der Waals surface area (Å²) >= 11 is 0. The molecule has 0 aliphatic carbocycles. The van der Waals surface area contributed by atoms with Gasteiger partial charge in [-0.3, -0.25) is 4.79 Å². The largest absolute Gasteiger partial charge is 0.357 e. The lowest BCUT2D eigenvalue weighted by molar-refractivity contribution is 0.0946. The van der Waals surface area contributed by atoms with Crippen LogP contribution in [0.15, 0.2) is 18.3 Å². The van der Waals surface area contributed by atoms with E-state index in [4.69, 9.17) is 0 Å². The van der Waals surface area contributed by atoms with E-state index in [2.05, 4.69) is 15.6 Å². The van der Waals surface area contributed by atoms with Crippen molar-refractivity contribution < 1.29 is 4.79 Å². The van der Waals surface area contributed by atoms with Crippen molar-refractivity contribution in [3.63, 3.8) is 0 Å². The monoisotopic (exact) mass is 221 g/mol. The van der Waals surface area contributed by atoms with Gasteiger partial charge in [0.15, 0.2) is 0 Å². The maximum atomic E-state index is 11.6. The Labute approximate surface area is 95.8 Å². The predicted molar refractivity (Wildman–Crippen MR) is 63.3 cm³/mol. The first-order valence-electron chi connectivity index (χ1n) is 5.98. The predicted octanol–water partition coefficient (Wildman–Crippen LogP) is 1.13.